The molecule has 120 valence electrons. The van der Waals surface area contributed by atoms with E-state index >= 15 is 0 Å². The number of carbonyl (C=O) groups excluding carboxylic acids is 2. The van der Waals surface area contributed by atoms with E-state index in [9.17, 15) is 9.59 Å². The van der Waals surface area contributed by atoms with E-state index in [-0.39, 0.29) is 6.04 Å². The van der Waals surface area contributed by atoms with Crippen molar-refractivity contribution >= 4 is 11.8 Å². The van der Waals surface area contributed by atoms with Crippen LogP contribution >= 0.6 is 0 Å². The number of methoxy groups -OCH3 is 1. The Bertz CT molecular complexity index is 654. The number of nitrogens with one attached hydrogen (secondary N) is 2. The predicted octanol–water partition coefficient (Wildman–Crippen LogP) is 2.19. The number of carbonyl (C=O) groups is 2. The molecule has 0 spiro atoms. The molecule has 0 bridgehead atoms. The van der Waals surface area contributed by atoms with Crippen molar-refractivity contribution in [2.45, 2.75) is 19.5 Å². The molecule has 0 aliphatic carbocycles. The number of hydrogen-bond acceptors (Lipinski definition) is 3. The molecule has 5 heteroatoms. The number of rotatable bonds is 5. The van der Waals surface area contributed by atoms with Gasteiger partial charge in [0.1, 0.15) is 5.75 Å². The highest BCUT2D eigenvalue weighted by Crippen LogP contribution is 2.17. The van der Waals surface area contributed by atoms with E-state index in [0.717, 1.165) is 16.9 Å². The normalized spacial score (nSPS) is 11.4. The molecule has 0 fully saturated rings. The van der Waals surface area contributed by atoms with Gasteiger partial charge in [0.15, 0.2) is 0 Å². The number of amides is 2. The van der Waals surface area contributed by atoms with Gasteiger partial charge in [-0.05, 0) is 30.2 Å². The Morgan fingerprint density at radius 1 is 1.00 bits per heavy atom. The Morgan fingerprint density at radius 2 is 1.65 bits per heavy atom. The summed E-state index contributed by atoms with van der Waals surface area (Å²) < 4.78 is 5.09. The average Bonchev–Trinajstić information content (AvgIpc) is 2.60. The first-order chi connectivity index (χ1) is 11.1. The van der Waals surface area contributed by atoms with Crippen LogP contribution in [-0.4, -0.2) is 18.9 Å². The molecule has 2 amide bonds. The molecular weight excluding hydrogens is 292 g/mol. The second-order valence-electron chi connectivity index (χ2n) is 5.14. The van der Waals surface area contributed by atoms with Crippen LogP contribution in [0.25, 0.3) is 0 Å². The first-order valence-electron chi connectivity index (χ1n) is 7.36. The zero-order valence-electron chi connectivity index (χ0n) is 13.2. The molecule has 0 radical (unpaired) electrons. The van der Waals surface area contributed by atoms with Crippen molar-refractivity contribution < 1.29 is 14.3 Å². The molecule has 0 aromatic heterocycles. The van der Waals surface area contributed by atoms with Gasteiger partial charge in [-0.2, -0.15) is 0 Å². The summed E-state index contributed by atoms with van der Waals surface area (Å²) in [6, 6.07) is 16.5. The maximum absolute atomic E-state index is 11.9. The lowest BCUT2D eigenvalue weighted by Gasteiger charge is -2.14. The lowest BCUT2D eigenvalue weighted by atomic mass is 10.1. The summed E-state index contributed by atoms with van der Waals surface area (Å²) in [5.41, 5.74) is 1.84. The third-order valence-corrected chi connectivity index (χ3v) is 3.47. The van der Waals surface area contributed by atoms with E-state index in [2.05, 4.69) is 10.6 Å². The van der Waals surface area contributed by atoms with Crippen molar-refractivity contribution in [1.29, 1.82) is 0 Å². The van der Waals surface area contributed by atoms with Crippen LogP contribution in [-0.2, 0) is 16.1 Å². The van der Waals surface area contributed by atoms with Gasteiger partial charge >= 0.3 is 11.8 Å². The fourth-order valence-electron chi connectivity index (χ4n) is 2.10. The van der Waals surface area contributed by atoms with Crippen molar-refractivity contribution in [2.75, 3.05) is 7.11 Å². The molecule has 0 saturated heterocycles. The monoisotopic (exact) mass is 312 g/mol. The lowest BCUT2D eigenvalue weighted by Crippen LogP contribution is -2.40. The van der Waals surface area contributed by atoms with Crippen LogP contribution < -0.4 is 15.4 Å². The van der Waals surface area contributed by atoms with Gasteiger partial charge in [-0.15, -0.1) is 0 Å². The van der Waals surface area contributed by atoms with E-state index < -0.39 is 11.8 Å². The van der Waals surface area contributed by atoms with Crippen LogP contribution in [0.5, 0.6) is 5.75 Å². The van der Waals surface area contributed by atoms with E-state index in [4.69, 9.17) is 4.74 Å². The van der Waals surface area contributed by atoms with Gasteiger partial charge < -0.3 is 15.4 Å². The Hall–Kier alpha value is -2.82. The van der Waals surface area contributed by atoms with Gasteiger partial charge in [-0.25, -0.2) is 0 Å². The summed E-state index contributed by atoms with van der Waals surface area (Å²) in [7, 11) is 1.59. The van der Waals surface area contributed by atoms with Crippen LogP contribution in [0.4, 0.5) is 0 Å². The Kier molecular flexibility index (Phi) is 5.74. The largest absolute Gasteiger partial charge is 0.497 e. The van der Waals surface area contributed by atoms with E-state index in [1.54, 1.807) is 7.11 Å². The SMILES string of the molecule is COc1ccc([C@@H](C)NC(=O)C(=O)NCc2ccccc2)cc1. The highest BCUT2D eigenvalue weighted by Gasteiger charge is 2.16. The quantitative estimate of drug-likeness (QED) is 0.832. The maximum Gasteiger partial charge on any atom is 0.309 e. The van der Waals surface area contributed by atoms with Crippen LogP contribution in [0, 0.1) is 0 Å². The van der Waals surface area contributed by atoms with Gasteiger partial charge in [-0.1, -0.05) is 42.5 Å². The van der Waals surface area contributed by atoms with Crippen LogP contribution in [0.2, 0.25) is 0 Å². The second-order valence-corrected chi connectivity index (χ2v) is 5.14. The van der Waals surface area contributed by atoms with Crippen LogP contribution in [0.3, 0.4) is 0 Å². The summed E-state index contributed by atoms with van der Waals surface area (Å²) in [6.07, 6.45) is 0. The molecule has 2 aromatic rings. The summed E-state index contributed by atoms with van der Waals surface area (Å²) in [6.45, 7) is 2.15. The van der Waals surface area contributed by atoms with E-state index in [1.165, 1.54) is 0 Å². The molecule has 2 N–H and O–H groups in total. The fourth-order valence-corrected chi connectivity index (χ4v) is 2.10. The Morgan fingerprint density at radius 3 is 2.26 bits per heavy atom. The smallest absolute Gasteiger partial charge is 0.309 e. The van der Waals surface area contributed by atoms with Crippen molar-refractivity contribution in [3.63, 3.8) is 0 Å². The molecule has 0 heterocycles. The summed E-state index contributed by atoms with van der Waals surface area (Å²) in [4.78, 5) is 23.8. The molecule has 0 saturated carbocycles. The van der Waals surface area contributed by atoms with Gasteiger partial charge in [0, 0.05) is 6.54 Å². The van der Waals surface area contributed by atoms with Crippen molar-refractivity contribution in [3.8, 4) is 5.75 Å². The molecule has 2 rings (SSSR count). The molecule has 0 aliphatic heterocycles. The van der Waals surface area contributed by atoms with Crippen molar-refractivity contribution in [2.24, 2.45) is 0 Å². The Balaban J connectivity index is 1.85. The summed E-state index contributed by atoms with van der Waals surface area (Å²) >= 11 is 0. The van der Waals surface area contributed by atoms with Gasteiger partial charge in [0.2, 0.25) is 0 Å². The van der Waals surface area contributed by atoms with Crippen molar-refractivity contribution in [3.05, 3.63) is 65.7 Å². The van der Waals surface area contributed by atoms with Gasteiger partial charge in [-0.3, -0.25) is 9.59 Å². The standard InChI is InChI=1S/C18H20N2O3/c1-13(15-8-10-16(23-2)11-9-15)20-18(22)17(21)19-12-14-6-4-3-5-7-14/h3-11,13H,12H2,1-2H3,(H,19,21)(H,20,22)/t13-/m1/s1. The molecule has 2 aromatic carbocycles. The van der Waals surface area contributed by atoms with Crippen LogP contribution in [0.1, 0.15) is 24.1 Å². The number of ether oxygens (including phenoxy) is 1. The minimum Gasteiger partial charge on any atom is -0.497 e. The Labute approximate surface area is 135 Å². The second kappa shape index (κ2) is 7.98. The highest BCUT2D eigenvalue weighted by atomic mass is 16.5. The zero-order chi connectivity index (χ0) is 16.7. The molecule has 0 unspecified atom stereocenters. The molecule has 1 atom stereocenters. The average molecular weight is 312 g/mol. The number of hydrogen-bond donors (Lipinski definition) is 2. The van der Waals surface area contributed by atoms with Crippen molar-refractivity contribution in [1.82, 2.24) is 10.6 Å². The number of benzene rings is 2. The van der Waals surface area contributed by atoms with E-state index in [0.29, 0.717) is 6.54 Å². The summed E-state index contributed by atoms with van der Waals surface area (Å²) in [5.74, 6) is -0.550. The minimum atomic E-state index is -0.649. The highest BCUT2D eigenvalue weighted by molar-refractivity contribution is 6.35. The van der Waals surface area contributed by atoms with E-state index in [1.807, 2.05) is 61.5 Å². The van der Waals surface area contributed by atoms with Gasteiger partial charge in [0.25, 0.3) is 0 Å². The third kappa shape index (κ3) is 4.85. The molecule has 23 heavy (non-hydrogen) atoms. The maximum atomic E-state index is 11.9. The summed E-state index contributed by atoms with van der Waals surface area (Å²) in [5, 5.41) is 5.28. The molecular formula is C18H20N2O3. The lowest BCUT2D eigenvalue weighted by molar-refractivity contribution is -0.139. The first-order valence-corrected chi connectivity index (χ1v) is 7.36. The fraction of sp³-hybridized carbons (Fsp3) is 0.222. The zero-order valence-corrected chi connectivity index (χ0v) is 13.2. The minimum absolute atomic E-state index is 0.268. The first kappa shape index (κ1) is 16.5. The molecule has 5 nitrogen and oxygen atoms in total. The molecule has 0 aliphatic rings. The van der Waals surface area contributed by atoms with Gasteiger partial charge in [0.05, 0.1) is 13.2 Å². The van der Waals surface area contributed by atoms with Crippen LogP contribution in [0.15, 0.2) is 54.6 Å². The topological polar surface area (TPSA) is 67.4 Å². The third-order valence-electron chi connectivity index (χ3n) is 3.47. The predicted molar refractivity (Wildman–Crippen MR) is 87.8 cm³/mol.